The maximum absolute atomic E-state index is 11.9. The van der Waals surface area contributed by atoms with Crippen LogP contribution in [0, 0.1) is 0 Å². The van der Waals surface area contributed by atoms with Crippen LogP contribution in [0.2, 0.25) is 0 Å². The molecule has 0 radical (unpaired) electrons. The second-order valence-electron chi connectivity index (χ2n) is 4.27. The van der Waals surface area contributed by atoms with E-state index in [1.807, 2.05) is 20.8 Å². The Bertz CT molecular complexity index is 253. The molecule has 1 rings (SSSR count). The first-order valence-electron chi connectivity index (χ1n) is 6.01. The zero-order valence-corrected chi connectivity index (χ0v) is 10.7. The number of esters is 1. The second-order valence-corrected chi connectivity index (χ2v) is 4.27. The number of ether oxygens (including phenoxy) is 3. The van der Waals surface area contributed by atoms with Gasteiger partial charge in [0, 0.05) is 6.61 Å². The minimum absolute atomic E-state index is 0.251. The van der Waals surface area contributed by atoms with Crippen LogP contribution in [0.3, 0.4) is 0 Å². The van der Waals surface area contributed by atoms with Crippen molar-refractivity contribution in [2.75, 3.05) is 19.8 Å². The van der Waals surface area contributed by atoms with Crippen molar-refractivity contribution in [3.63, 3.8) is 0 Å². The molecule has 1 fully saturated rings. The fraction of sp³-hybridized carbons (Fsp3) is 0.917. The molecule has 0 amide bonds. The normalized spacial score (nSPS) is 32.5. The molecule has 0 aromatic heterocycles. The summed E-state index contributed by atoms with van der Waals surface area (Å²) in [5.41, 5.74) is -1.28. The van der Waals surface area contributed by atoms with Crippen molar-refractivity contribution in [1.29, 1.82) is 0 Å². The van der Waals surface area contributed by atoms with Gasteiger partial charge in [-0.15, -0.1) is 0 Å². The second kappa shape index (κ2) is 5.15. The molecule has 1 aliphatic rings. The standard InChI is InChI=1S/C12H22O4/c1-5-8-12(10(13)15-7-3)11(4,16-12)9-14-6-2/h5-9H2,1-4H3. The number of hydrogen-bond donors (Lipinski definition) is 0. The first-order valence-corrected chi connectivity index (χ1v) is 6.01. The molecule has 0 aliphatic carbocycles. The predicted molar refractivity (Wildman–Crippen MR) is 60.3 cm³/mol. The van der Waals surface area contributed by atoms with E-state index in [1.54, 1.807) is 6.92 Å². The van der Waals surface area contributed by atoms with Gasteiger partial charge in [0.15, 0.2) is 5.60 Å². The van der Waals surface area contributed by atoms with Crippen LogP contribution in [0.5, 0.6) is 0 Å². The number of rotatable bonds is 7. The molecular formula is C12H22O4. The van der Waals surface area contributed by atoms with E-state index in [4.69, 9.17) is 14.2 Å². The lowest BCUT2D eigenvalue weighted by molar-refractivity contribution is -0.150. The maximum atomic E-state index is 11.9. The van der Waals surface area contributed by atoms with Gasteiger partial charge in [0.1, 0.15) is 5.60 Å². The molecule has 2 atom stereocenters. The molecule has 1 saturated heterocycles. The van der Waals surface area contributed by atoms with E-state index in [2.05, 4.69) is 0 Å². The summed E-state index contributed by atoms with van der Waals surface area (Å²) in [5, 5.41) is 0. The molecule has 0 bridgehead atoms. The van der Waals surface area contributed by atoms with Gasteiger partial charge >= 0.3 is 5.97 Å². The Morgan fingerprint density at radius 3 is 2.44 bits per heavy atom. The van der Waals surface area contributed by atoms with Gasteiger partial charge in [-0.3, -0.25) is 0 Å². The van der Waals surface area contributed by atoms with Crippen LogP contribution in [-0.4, -0.2) is 37.0 Å². The lowest BCUT2D eigenvalue weighted by Crippen LogP contribution is -2.37. The summed E-state index contributed by atoms with van der Waals surface area (Å²) in [6, 6.07) is 0. The first kappa shape index (κ1) is 13.5. The highest BCUT2D eigenvalue weighted by Gasteiger charge is 2.72. The van der Waals surface area contributed by atoms with Gasteiger partial charge in [0.2, 0.25) is 0 Å². The van der Waals surface area contributed by atoms with E-state index in [-0.39, 0.29) is 5.97 Å². The Hall–Kier alpha value is -0.610. The van der Waals surface area contributed by atoms with Crippen molar-refractivity contribution < 1.29 is 19.0 Å². The first-order chi connectivity index (χ1) is 7.56. The number of hydrogen-bond acceptors (Lipinski definition) is 4. The summed E-state index contributed by atoms with van der Waals surface area (Å²) in [5.74, 6) is -0.251. The fourth-order valence-electron chi connectivity index (χ4n) is 2.08. The zero-order valence-electron chi connectivity index (χ0n) is 10.7. The molecule has 1 heterocycles. The van der Waals surface area contributed by atoms with Crippen LogP contribution < -0.4 is 0 Å². The molecule has 0 aromatic carbocycles. The molecular weight excluding hydrogens is 208 g/mol. The lowest BCUT2D eigenvalue weighted by atomic mass is 9.90. The van der Waals surface area contributed by atoms with Crippen molar-refractivity contribution in [2.24, 2.45) is 0 Å². The van der Waals surface area contributed by atoms with Crippen LogP contribution in [0.1, 0.15) is 40.5 Å². The highest BCUT2D eigenvalue weighted by molar-refractivity contribution is 5.84. The van der Waals surface area contributed by atoms with Gasteiger partial charge in [0.25, 0.3) is 0 Å². The maximum Gasteiger partial charge on any atom is 0.341 e. The minimum atomic E-state index is -0.771. The van der Waals surface area contributed by atoms with Gasteiger partial charge in [-0.05, 0) is 27.2 Å². The zero-order chi connectivity index (χ0) is 12.2. The topological polar surface area (TPSA) is 48.1 Å². The van der Waals surface area contributed by atoms with E-state index in [0.717, 1.165) is 6.42 Å². The quantitative estimate of drug-likeness (QED) is 0.495. The number of carbonyl (C=O) groups is 1. The largest absolute Gasteiger partial charge is 0.464 e. The predicted octanol–water partition coefficient (Wildman–Crippen LogP) is 1.91. The third-order valence-electron chi connectivity index (χ3n) is 3.00. The van der Waals surface area contributed by atoms with Gasteiger partial charge in [-0.25, -0.2) is 4.79 Å². The summed E-state index contributed by atoms with van der Waals surface area (Å²) in [7, 11) is 0. The molecule has 16 heavy (non-hydrogen) atoms. The lowest BCUT2D eigenvalue weighted by Gasteiger charge is -2.15. The number of carbonyl (C=O) groups excluding carboxylic acids is 1. The SMILES string of the molecule is CCCC1(C(=O)OCC)OC1(C)COCC. The monoisotopic (exact) mass is 230 g/mol. The van der Waals surface area contributed by atoms with Crippen LogP contribution in [-0.2, 0) is 19.0 Å². The third kappa shape index (κ3) is 2.23. The van der Waals surface area contributed by atoms with Crippen molar-refractivity contribution in [3.8, 4) is 0 Å². The average molecular weight is 230 g/mol. The van der Waals surface area contributed by atoms with Crippen molar-refractivity contribution >= 4 is 5.97 Å². The van der Waals surface area contributed by atoms with Crippen LogP contribution >= 0.6 is 0 Å². The van der Waals surface area contributed by atoms with Gasteiger partial charge in [-0.1, -0.05) is 13.3 Å². The van der Waals surface area contributed by atoms with Crippen LogP contribution in [0.4, 0.5) is 0 Å². The molecule has 4 heteroatoms. The Kier molecular flexibility index (Phi) is 4.33. The van der Waals surface area contributed by atoms with Gasteiger partial charge in [0.05, 0.1) is 13.2 Å². The molecule has 0 spiro atoms. The summed E-state index contributed by atoms with van der Waals surface area (Å²) in [6.07, 6.45) is 1.58. The van der Waals surface area contributed by atoms with Crippen molar-refractivity contribution in [2.45, 2.75) is 51.7 Å². The van der Waals surface area contributed by atoms with E-state index in [1.165, 1.54) is 0 Å². The summed E-state index contributed by atoms with van der Waals surface area (Å²) >= 11 is 0. The van der Waals surface area contributed by atoms with Gasteiger partial charge < -0.3 is 14.2 Å². The summed E-state index contributed by atoms with van der Waals surface area (Å²) < 4.78 is 16.1. The van der Waals surface area contributed by atoms with Crippen LogP contribution in [0.15, 0.2) is 0 Å². The van der Waals surface area contributed by atoms with Crippen molar-refractivity contribution in [3.05, 3.63) is 0 Å². The highest BCUT2D eigenvalue weighted by Crippen LogP contribution is 2.52. The minimum Gasteiger partial charge on any atom is -0.464 e. The molecule has 4 nitrogen and oxygen atoms in total. The third-order valence-corrected chi connectivity index (χ3v) is 3.00. The molecule has 2 unspecified atom stereocenters. The van der Waals surface area contributed by atoms with Crippen molar-refractivity contribution in [1.82, 2.24) is 0 Å². The average Bonchev–Trinajstić information content (AvgIpc) is 2.84. The molecule has 0 N–H and O–H groups in total. The van der Waals surface area contributed by atoms with Crippen LogP contribution in [0.25, 0.3) is 0 Å². The molecule has 94 valence electrons. The fourth-order valence-corrected chi connectivity index (χ4v) is 2.08. The Morgan fingerprint density at radius 2 is 1.94 bits per heavy atom. The Balaban J connectivity index is 2.67. The summed E-state index contributed by atoms with van der Waals surface area (Å²) in [6.45, 7) is 9.14. The van der Waals surface area contributed by atoms with E-state index < -0.39 is 11.2 Å². The van der Waals surface area contributed by atoms with E-state index >= 15 is 0 Å². The molecule has 1 aliphatic heterocycles. The highest BCUT2D eigenvalue weighted by atomic mass is 16.7. The number of epoxide rings is 1. The Labute approximate surface area is 97.2 Å². The van der Waals surface area contributed by atoms with E-state index in [0.29, 0.717) is 26.2 Å². The smallest absolute Gasteiger partial charge is 0.341 e. The Morgan fingerprint density at radius 1 is 1.25 bits per heavy atom. The molecule has 0 aromatic rings. The molecule has 0 saturated carbocycles. The summed E-state index contributed by atoms with van der Waals surface area (Å²) in [4.78, 5) is 11.9. The van der Waals surface area contributed by atoms with Gasteiger partial charge in [-0.2, -0.15) is 0 Å². The van der Waals surface area contributed by atoms with E-state index in [9.17, 15) is 4.79 Å².